The molecule has 0 aliphatic carbocycles. The maximum atomic E-state index is 4.70. The van der Waals surface area contributed by atoms with Crippen molar-refractivity contribution >= 4 is 17.2 Å². The van der Waals surface area contributed by atoms with Gasteiger partial charge in [0.1, 0.15) is 0 Å². The highest BCUT2D eigenvalue weighted by molar-refractivity contribution is 7.80. The third-order valence-electron chi connectivity index (χ3n) is 0.389. The van der Waals surface area contributed by atoms with E-state index in [1.165, 1.54) is 0 Å². The molecule has 0 radical (unpaired) electrons. The molecule has 0 aromatic heterocycles. The smallest absolute Gasteiger partial charge is 0.0763 e. The molecule has 0 aliphatic heterocycles. The first-order valence-electron chi connectivity index (χ1n) is 3.06. The van der Waals surface area contributed by atoms with Gasteiger partial charge in [0.2, 0.25) is 0 Å². The van der Waals surface area contributed by atoms with Gasteiger partial charge in [-0.05, 0) is 13.8 Å². The molecule has 0 rings (SSSR count). The van der Waals surface area contributed by atoms with Crippen molar-refractivity contribution in [2.75, 3.05) is 0 Å². The highest BCUT2D eigenvalue weighted by Crippen LogP contribution is 1.77. The van der Waals surface area contributed by atoms with Crippen LogP contribution >= 0.6 is 12.2 Å². The maximum absolute atomic E-state index is 4.70. The molecule has 0 unspecified atom stereocenters. The molecule has 0 saturated carbocycles. The van der Waals surface area contributed by atoms with Crippen molar-refractivity contribution < 1.29 is 0 Å². The van der Waals surface area contributed by atoms with Crippen LogP contribution in [0.15, 0.2) is 12.3 Å². The third-order valence-corrected chi connectivity index (χ3v) is 0.491. The molecule has 0 aliphatic rings. The van der Waals surface area contributed by atoms with Gasteiger partial charge in [-0.2, -0.15) is 0 Å². The normalized spacial score (nSPS) is 6.67. The molecule has 2 heteroatoms. The number of allylic oxidation sites excluding steroid dienone is 1. The van der Waals surface area contributed by atoms with Crippen LogP contribution in [0.2, 0.25) is 0 Å². The van der Waals surface area contributed by atoms with Crippen molar-refractivity contribution in [2.24, 2.45) is 0 Å². The maximum Gasteiger partial charge on any atom is 0.0763 e. The standard InChI is InChI=1S/C5H9NS.C2H6/c1-4(2)6-5(3)7;1-2/h1H2,2-3H3,(H,6,7);1-2H3. The lowest BCUT2D eigenvalue weighted by atomic mass is 10.5. The number of thiocarbonyl (C=S) groups is 1. The molecular formula is C7H15NS. The van der Waals surface area contributed by atoms with Gasteiger partial charge in [0, 0.05) is 5.70 Å². The van der Waals surface area contributed by atoms with E-state index in [1.54, 1.807) is 0 Å². The highest BCUT2D eigenvalue weighted by Gasteiger charge is 1.80. The second-order valence-corrected chi connectivity index (χ2v) is 2.07. The highest BCUT2D eigenvalue weighted by atomic mass is 32.1. The molecule has 9 heavy (non-hydrogen) atoms. The third kappa shape index (κ3) is 18.4. The Morgan fingerprint density at radius 3 is 1.67 bits per heavy atom. The van der Waals surface area contributed by atoms with Crippen molar-refractivity contribution in [3.05, 3.63) is 12.3 Å². The summed E-state index contributed by atoms with van der Waals surface area (Å²) in [6.45, 7) is 11.3. The molecule has 0 spiro atoms. The summed E-state index contributed by atoms with van der Waals surface area (Å²) in [6, 6.07) is 0. The van der Waals surface area contributed by atoms with E-state index in [2.05, 4.69) is 11.9 Å². The van der Waals surface area contributed by atoms with Gasteiger partial charge in [-0.3, -0.25) is 0 Å². The Morgan fingerprint density at radius 2 is 1.67 bits per heavy atom. The van der Waals surface area contributed by atoms with Gasteiger partial charge >= 0.3 is 0 Å². The lowest BCUT2D eigenvalue weighted by Gasteiger charge is -1.97. The second kappa shape index (κ2) is 7.63. The van der Waals surface area contributed by atoms with Crippen LogP contribution in [0.4, 0.5) is 0 Å². The molecule has 0 heterocycles. The molecule has 0 aromatic carbocycles. The average molecular weight is 145 g/mol. The van der Waals surface area contributed by atoms with E-state index in [9.17, 15) is 0 Å². The minimum atomic E-state index is 0.771. The predicted molar refractivity (Wildman–Crippen MR) is 47.6 cm³/mol. The lowest BCUT2D eigenvalue weighted by Crippen LogP contribution is -2.13. The summed E-state index contributed by atoms with van der Waals surface area (Å²) in [5.41, 5.74) is 0.896. The van der Waals surface area contributed by atoms with Crippen LogP contribution in [0.5, 0.6) is 0 Å². The molecule has 0 amide bonds. The molecule has 0 aromatic rings. The second-order valence-electron chi connectivity index (χ2n) is 1.46. The Labute approximate surface area is 63.2 Å². The number of hydrogen-bond donors (Lipinski definition) is 1. The molecule has 1 N–H and O–H groups in total. The molecule has 1 nitrogen and oxygen atoms in total. The van der Waals surface area contributed by atoms with Crippen LogP contribution in [0.1, 0.15) is 27.7 Å². The van der Waals surface area contributed by atoms with Gasteiger partial charge in [0.25, 0.3) is 0 Å². The number of nitrogens with one attached hydrogen (secondary N) is 1. The average Bonchev–Trinajstić information content (AvgIpc) is 1.68. The first-order valence-corrected chi connectivity index (χ1v) is 3.47. The Bertz CT molecular complexity index is 85.1. The zero-order valence-electron chi connectivity index (χ0n) is 6.62. The van der Waals surface area contributed by atoms with E-state index in [4.69, 9.17) is 12.2 Å². The summed E-state index contributed by atoms with van der Waals surface area (Å²) in [5.74, 6) is 0. The van der Waals surface area contributed by atoms with E-state index in [0.717, 1.165) is 10.7 Å². The molecule has 0 fully saturated rings. The summed E-state index contributed by atoms with van der Waals surface area (Å²) in [6.07, 6.45) is 0. The zero-order chi connectivity index (χ0) is 7.86. The van der Waals surface area contributed by atoms with Crippen LogP contribution in [-0.2, 0) is 0 Å². The Balaban J connectivity index is 0. The topological polar surface area (TPSA) is 12.0 Å². The van der Waals surface area contributed by atoms with Crippen LogP contribution in [0.3, 0.4) is 0 Å². The molecule has 54 valence electrons. The monoisotopic (exact) mass is 145 g/mol. The molecule has 0 atom stereocenters. The Morgan fingerprint density at radius 1 is 1.33 bits per heavy atom. The quantitative estimate of drug-likeness (QED) is 0.569. The summed E-state index contributed by atoms with van der Waals surface area (Å²) in [5, 5.41) is 2.84. The van der Waals surface area contributed by atoms with E-state index in [1.807, 2.05) is 27.7 Å². The van der Waals surface area contributed by atoms with Gasteiger partial charge in [-0.1, -0.05) is 32.6 Å². The van der Waals surface area contributed by atoms with Crippen molar-refractivity contribution in [3.8, 4) is 0 Å². The van der Waals surface area contributed by atoms with Gasteiger partial charge in [-0.25, -0.2) is 0 Å². The van der Waals surface area contributed by atoms with Gasteiger partial charge in [-0.15, -0.1) is 0 Å². The summed E-state index contributed by atoms with van der Waals surface area (Å²) >= 11 is 4.70. The SMILES string of the molecule is C=C(C)NC(C)=S.CC. The van der Waals surface area contributed by atoms with E-state index >= 15 is 0 Å². The first kappa shape index (κ1) is 11.4. The predicted octanol–water partition coefficient (Wildman–Crippen LogP) is 2.48. The van der Waals surface area contributed by atoms with Crippen LogP contribution in [0, 0.1) is 0 Å². The fraction of sp³-hybridized carbons (Fsp3) is 0.571. The fourth-order valence-electron chi connectivity index (χ4n) is 0.301. The van der Waals surface area contributed by atoms with E-state index in [0.29, 0.717) is 0 Å². The fourth-order valence-corrected chi connectivity index (χ4v) is 0.475. The van der Waals surface area contributed by atoms with Gasteiger partial charge in [0.15, 0.2) is 0 Å². The van der Waals surface area contributed by atoms with Crippen molar-refractivity contribution in [1.82, 2.24) is 5.32 Å². The van der Waals surface area contributed by atoms with Crippen molar-refractivity contribution in [2.45, 2.75) is 27.7 Å². The Kier molecular flexibility index (Phi) is 9.69. The van der Waals surface area contributed by atoms with Crippen LogP contribution in [-0.4, -0.2) is 4.99 Å². The van der Waals surface area contributed by atoms with Crippen LogP contribution < -0.4 is 5.32 Å². The minimum Gasteiger partial charge on any atom is -0.355 e. The van der Waals surface area contributed by atoms with Crippen molar-refractivity contribution in [3.63, 3.8) is 0 Å². The van der Waals surface area contributed by atoms with Crippen LogP contribution in [0.25, 0.3) is 0 Å². The summed E-state index contributed by atoms with van der Waals surface area (Å²) in [7, 11) is 0. The first-order chi connectivity index (χ1) is 4.13. The summed E-state index contributed by atoms with van der Waals surface area (Å²) in [4.78, 5) is 0.771. The lowest BCUT2D eigenvalue weighted by molar-refractivity contribution is 1.14. The summed E-state index contributed by atoms with van der Waals surface area (Å²) < 4.78 is 0. The van der Waals surface area contributed by atoms with Gasteiger partial charge < -0.3 is 5.32 Å². The molecule has 0 saturated heterocycles. The Hall–Kier alpha value is -0.370. The van der Waals surface area contributed by atoms with Crippen molar-refractivity contribution in [1.29, 1.82) is 0 Å². The minimum absolute atomic E-state index is 0.771. The van der Waals surface area contributed by atoms with E-state index < -0.39 is 0 Å². The number of hydrogen-bond acceptors (Lipinski definition) is 1. The zero-order valence-corrected chi connectivity index (χ0v) is 7.43. The van der Waals surface area contributed by atoms with E-state index in [-0.39, 0.29) is 0 Å². The largest absolute Gasteiger partial charge is 0.355 e. The number of rotatable bonds is 1. The molecule has 0 bridgehead atoms. The molecular weight excluding hydrogens is 130 g/mol. The van der Waals surface area contributed by atoms with Gasteiger partial charge in [0.05, 0.1) is 4.99 Å².